The van der Waals surface area contributed by atoms with E-state index in [-0.39, 0.29) is 6.04 Å². The van der Waals surface area contributed by atoms with E-state index in [9.17, 15) is 14.7 Å². The van der Waals surface area contributed by atoms with Gasteiger partial charge in [-0.2, -0.15) is 0 Å². The fraction of sp³-hybridized carbons (Fsp3) is 0.368. The van der Waals surface area contributed by atoms with Crippen molar-refractivity contribution in [3.05, 3.63) is 42.2 Å². The Bertz CT molecular complexity index is 926. The van der Waals surface area contributed by atoms with Crippen molar-refractivity contribution in [3.8, 4) is 11.3 Å². The zero-order valence-corrected chi connectivity index (χ0v) is 14.8. The summed E-state index contributed by atoms with van der Waals surface area (Å²) in [5.41, 5.74) is 5.53. The van der Waals surface area contributed by atoms with Crippen molar-refractivity contribution in [2.75, 3.05) is 25.6 Å². The lowest BCUT2D eigenvalue weighted by Crippen LogP contribution is -2.61. The maximum atomic E-state index is 13.5. The molecule has 1 aromatic carbocycles. The van der Waals surface area contributed by atoms with Gasteiger partial charge in [0.15, 0.2) is 0 Å². The zero-order valence-electron chi connectivity index (χ0n) is 14.8. The molecule has 27 heavy (non-hydrogen) atoms. The molecule has 0 saturated carbocycles. The van der Waals surface area contributed by atoms with E-state index in [0.29, 0.717) is 29.6 Å². The molecule has 2 saturated heterocycles. The second-order valence-corrected chi connectivity index (χ2v) is 7.48. The summed E-state index contributed by atoms with van der Waals surface area (Å²) >= 11 is 0. The number of carbonyl (C=O) groups is 2. The van der Waals surface area contributed by atoms with Crippen LogP contribution >= 0.6 is 0 Å². The molecule has 3 aliphatic rings. The Morgan fingerprint density at radius 3 is 2.74 bits per heavy atom. The molecule has 3 N–H and O–H groups in total. The molecule has 2 bridgehead atoms. The van der Waals surface area contributed by atoms with Gasteiger partial charge in [-0.05, 0) is 43.8 Å². The van der Waals surface area contributed by atoms with Crippen molar-refractivity contribution < 1.29 is 19.1 Å². The number of nitrogens with zero attached hydrogens (tertiary/aromatic N) is 2. The number of benzene rings is 1. The van der Waals surface area contributed by atoms with Crippen LogP contribution in [0.15, 0.2) is 41.0 Å². The van der Waals surface area contributed by atoms with Gasteiger partial charge in [0.05, 0.1) is 12.0 Å². The highest BCUT2D eigenvalue weighted by atomic mass is 16.4. The number of likely N-dealkylation sites (N-methyl/N-ethyl adjacent to an activating group) is 1. The first-order valence-corrected chi connectivity index (χ1v) is 8.97. The molecule has 4 heterocycles. The van der Waals surface area contributed by atoms with Crippen LogP contribution in [0.5, 0.6) is 0 Å². The Labute approximate surface area is 155 Å². The van der Waals surface area contributed by atoms with E-state index in [1.165, 1.54) is 0 Å². The molecule has 1 amide bonds. The van der Waals surface area contributed by atoms with Crippen LogP contribution in [0.3, 0.4) is 0 Å². The Morgan fingerprint density at radius 1 is 1.26 bits per heavy atom. The molecule has 0 spiro atoms. The maximum Gasteiger partial charge on any atom is 0.340 e. The monoisotopic (exact) mass is 368 g/mol. The van der Waals surface area contributed by atoms with Crippen LogP contribution in [-0.4, -0.2) is 59.0 Å². The Hall–Kier alpha value is -2.84. The second kappa shape index (κ2) is 5.58. The van der Waals surface area contributed by atoms with Crippen LogP contribution in [0.2, 0.25) is 0 Å². The number of anilines is 1. The fourth-order valence-corrected chi connectivity index (χ4v) is 4.55. The number of likely N-dealkylation sites (tertiary alicyclic amines) is 2. The molecule has 0 aliphatic carbocycles. The molecule has 2 fully saturated rings. The molecule has 140 valence electrons. The first-order valence-electron chi connectivity index (χ1n) is 8.97. The first kappa shape index (κ1) is 16.3. The number of carboxylic acids is 1. The third-order valence-electron chi connectivity index (χ3n) is 6.03. The number of hydrogen-bond donors (Lipinski definition) is 3. The van der Waals surface area contributed by atoms with Crippen LogP contribution in [0, 0.1) is 0 Å². The number of hydrazine groups is 1. The minimum Gasteiger partial charge on any atom is -0.479 e. The maximum absolute atomic E-state index is 13.5. The third-order valence-corrected chi connectivity index (χ3v) is 6.03. The average Bonchev–Trinajstić information content (AvgIpc) is 3.42. The fourth-order valence-electron chi connectivity index (χ4n) is 4.55. The van der Waals surface area contributed by atoms with Crippen LogP contribution in [-0.2, 0) is 15.1 Å². The highest BCUT2D eigenvalue weighted by Gasteiger charge is 2.58. The number of amides is 1. The predicted octanol–water partition coefficient (Wildman–Crippen LogP) is 1.07. The van der Waals surface area contributed by atoms with Crippen LogP contribution in [0.1, 0.15) is 12.0 Å². The summed E-state index contributed by atoms with van der Waals surface area (Å²) in [6, 6.07) is 9.25. The van der Waals surface area contributed by atoms with Crippen LogP contribution in [0.4, 0.5) is 5.69 Å². The molecule has 0 radical (unpaired) electrons. The van der Waals surface area contributed by atoms with Crippen molar-refractivity contribution in [1.82, 2.24) is 15.2 Å². The van der Waals surface area contributed by atoms with Crippen molar-refractivity contribution in [3.63, 3.8) is 0 Å². The van der Waals surface area contributed by atoms with E-state index in [1.54, 1.807) is 35.4 Å². The summed E-state index contributed by atoms with van der Waals surface area (Å²) in [5, 5.41) is 10.1. The molecule has 8 nitrogen and oxygen atoms in total. The third kappa shape index (κ3) is 2.17. The van der Waals surface area contributed by atoms with Crippen LogP contribution < -0.4 is 10.9 Å². The van der Waals surface area contributed by atoms with Gasteiger partial charge in [-0.1, -0.05) is 0 Å². The number of carboxylic acid groups (broad SMARTS) is 1. The van der Waals surface area contributed by atoms with Crippen LogP contribution in [0.25, 0.3) is 11.3 Å². The Kier molecular flexibility index (Phi) is 3.38. The zero-order chi connectivity index (χ0) is 18.8. The summed E-state index contributed by atoms with van der Waals surface area (Å²) in [6.45, 7) is 1.34. The van der Waals surface area contributed by atoms with E-state index >= 15 is 0 Å². The van der Waals surface area contributed by atoms with Crippen molar-refractivity contribution in [1.29, 1.82) is 0 Å². The number of fused-ring (bicyclic) bond motifs is 3. The predicted molar refractivity (Wildman–Crippen MR) is 96.8 cm³/mol. The summed E-state index contributed by atoms with van der Waals surface area (Å²) in [6.07, 6.45) is 2.46. The van der Waals surface area contributed by atoms with E-state index in [0.717, 1.165) is 18.5 Å². The number of carbonyl (C=O) groups excluding carboxylic acids is 1. The minimum absolute atomic E-state index is 0.0582. The van der Waals surface area contributed by atoms with Gasteiger partial charge in [0.2, 0.25) is 5.54 Å². The molecule has 1 aromatic heterocycles. The van der Waals surface area contributed by atoms with E-state index < -0.39 is 17.4 Å². The van der Waals surface area contributed by atoms with Crippen molar-refractivity contribution in [2.45, 2.75) is 24.0 Å². The number of rotatable bonds is 3. The van der Waals surface area contributed by atoms with E-state index in [1.807, 2.05) is 13.1 Å². The lowest BCUT2D eigenvalue weighted by atomic mass is 9.87. The molecular weight excluding hydrogens is 348 g/mol. The lowest BCUT2D eigenvalue weighted by Gasteiger charge is -2.36. The number of furan rings is 1. The highest BCUT2D eigenvalue weighted by molar-refractivity contribution is 6.10. The van der Waals surface area contributed by atoms with Gasteiger partial charge < -0.3 is 19.8 Å². The first-order chi connectivity index (χ1) is 13.0. The Balaban J connectivity index is 1.57. The van der Waals surface area contributed by atoms with Gasteiger partial charge in [-0.3, -0.25) is 9.69 Å². The number of hydrogen-bond acceptors (Lipinski definition) is 6. The minimum atomic E-state index is -1.85. The average molecular weight is 368 g/mol. The summed E-state index contributed by atoms with van der Waals surface area (Å²) in [4.78, 5) is 29.8. The summed E-state index contributed by atoms with van der Waals surface area (Å²) in [7, 11) is 2.04. The largest absolute Gasteiger partial charge is 0.479 e. The lowest BCUT2D eigenvalue weighted by molar-refractivity contribution is -0.156. The van der Waals surface area contributed by atoms with Gasteiger partial charge in [0.25, 0.3) is 5.91 Å². The molecule has 3 atom stereocenters. The van der Waals surface area contributed by atoms with Gasteiger partial charge in [0.1, 0.15) is 5.76 Å². The van der Waals surface area contributed by atoms with E-state index in [2.05, 4.69) is 15.8 Å². The SMILES string of the molecule is CN1C[C@@H]2C[C@H]1CN2C(=O)C1(C(=O)O)NNc2ccc(-c3ccco3)cc21. The highest BCUT2D eigenvalue weighted by Crippen LogP contribution is 2.41. The summed E-state index contributed by atoms with van der Waals surface area (Å²) < 4.78 is 5.43. The standard InChI is InChI=1S/C19H20N4O4/c1-22-9-13-8-12(22)10-23(13)17(24)19(18(25)26)14-7-11(16-3-2-6-27-16)4-5-15(14)20-21-19/h2-7,12-13,20-21H,8-10H2,1H3,(H,25,26)/t12-,13-,19?/m0/s1. The summed E-state index contributed by atoms with van der Waals surface area (Å²) in [5.74, 6) is -1.01. The van der Waals surface area contributed by atoms with Crippen molar-refractivity contribution >= 4 is 17.6 Å². The smallest absolute Gasteiger partial charge is 0.340 e. The normalized spacial score (nSPS) is 29.0. The molecule has 8 heteroatoms. The van der Waals surface area contributed by atoms with Gasteiger partial charge >= 0.3 is 5.97 Å². The Morgan fingerprint density at radius 2 is 2.11 bits per heavy atom. The quantitative estimate of drug-likeness (QED) is 0.697. The van der Waals surface area contributed by atoms with E-state index in [4.69, 9.17) is 4.42 Å². The van der Waals surface area contributed by atoms with Gasteiger partial charge in [-0.15, -0.1) is 0 Å². The molecule has 5 rings (SSSR count). The molecule has 1 unspecified atom stereocenters. The topological polar surface area (TPSA) is 98.1 Å². The van der Waals surface area contributed by atoms with Crippen molar-refractivity contribution in [2.24, 2.45) is 0 Å². The molecule has 2 aromatic rings. The second-order valence-electron chi connectivity index (χ2n) is 7.48. The van der Waals surface area contributed by atoms with Gasteiger partial charge in [-0.25, -0.2) is 10.2 Å². The molecule has 3 aliphatic heterocycles. The molecular formula is C19H20N4O4. The number of nitrogens with one attached hydrogen (secondary N) is 2. The number of piperazine rings is 1. The van der Waals surface area contributed by atoms with Gasteiger partial charge in [0, 0.05) is 36.3 Å². The number of aliphatic carboxylic acids is 1.